The van der Waals surface area contributed by atoms with Gasteiger partial charge in [0.1, 0.15) is 0 Å². The molecule has 0 aliphatic heterocycles. The van der Waals surface area contributed by atoms with Crippen LogP contribution in [0.3, 0.4) is 0 Å². The van der Waals surface area contributed by atoms with Gasteiger partial charge in [-0.3, -0.25) is 0 Å². The molecular formula is C49H59Cl2SiZr. The van der Waals surface area contributed by atoms with E-state index in [2.05, 4.69) is 138 Å². The van der Waals surface area contributed by atoms with E-state index in [1.165, 1.54) is 119 Å². The Balaban J connectivity index is 1.26. The van der Waals surface area contributed by atoms with E-state index in [1.54, 1.807) is 5.57 Å². The molecule has 0 N–H and O–H groups in total. The summed E-state index contributed by atoms with van der Waals surface area (Å²) in [7, 11) is 17.7. The van der Waals surface area contributed by atoms with Gasteiger partial charge in [-0.05, 0) is 0 Å². The third-order valence-electron chi connectivity index (χ3n) is 14.0. The second-order valence-electron chi connectivity index (χ2n) is 18.3. The van der Waals surface area contributed by atoms with Gasteiger partial charge in [-0.25, -0.2) is 0 Å². The summed E-state index contributed by atoms with van der Waals surface area (Å²) in [5.41, 5.74) is 16.9. The second kappa shape index (κ2) is 14.5. The van der Waals surface area contributed by atoms with E-state index in [0.29, 0.717) is 11.8 Å². The van der Waals surface area contributed by atoms with Gasteiger partial charge in [0.05, 0.1) is 0 Å². The third-order valence-corrected chi connectivity index (χ3v) is 65.8. The predicted octanol–water partition coefficient (Wildman–Crippen LogP) is 15.5. The Labute approximate surface area is 329 Å². The summed E-state index contributed by atoms with van der Waals surface area (Å²) in [5, 5.41) is 0. The summed E-state index contributed by atoms with van der Waals surface area (Å²) in [6.07, 6.45) is 18.0. The minimum absolute atomic E-state index is 0.123. The van der Waals surface area contributed by atoms with E-state index in [9.17, 15) is 0 Å². The fourth-order valence-corrected chi connectivity index (χ4v) is 42.3. The van der Waals surface area contributed by atoms with Crippen LogP contribution in [-0.2, 0) is 21.0 Å². The standard InChI is InChI=1S/C24H27.C23H25.C2H7Si.2ClH.Zr/c1-24(2,3)21-13-11-18(12-14-21)22-10-6-9-19-15-20(16-23(19)22)17-7-4-5-8-17;1-2-17-15-21-9-6-10-22(23(21)16-17)20-13-11-19(12-14-20)18-7-4-3-5-8-18;1-3-2;;;/h6,9-17H,4-5,7-8H2,1-3H3;6,9-16,18H,2-5,7-8H2,1H3;3H,1-2H3;2*1H;/q;;;;;+2/p-2. The molecule has 4 heteroatoms. The molecule has 0 saturated heterocycles. The normalized spacial score (nSPS) is 21.6. The maximum atomic E-state index is 8.87. The van der Waals surface area contributed by atoms with Gasteiger partial charge in [-0.1, -0.05) is 0 Å². The quantitative estimate of drug-likeness (QED) is 0.155. The van der Waals surface area contributed by atoms with Gasteiger partial charge in [-0.15, -0.1) is 0 Å². The summed E-state index contributed by atoms with van der Waals surface area (Å²) in [6, 6.07) is 33.0. The van der Waals surface area contributed by atoms with Crippen molar-refractivity contribution in [1.29, 1.82) is 0 Å². The molecule has 0 bridgehead atoms. The first-order valence-electron chi connectivity index (χ1n) is 20.9. The first kappa shape index (κ1) is 37.9. The molecular weight excluding hydrogens is 779 g/mol. The van der Waals surface area contributed by atoms with Crippen molar-refractivity contribution in [2.45, 2.75) is 124 Å². The molecule has 0 spiro atoms. The number of fused-ring (bicyclic) bond motifs is 2. The number of allylic oxidation sites excluding steroid dienone is 2. The van der Waals surface area contributed by atoms with Gasteiger partial charge in [0.25, 0.3) is 0 Å². The van der Waals surface area contributed by atoms with Crippen LogP contribution in [0.25, 0.3) is 34.4 Å². The van der Waals surface area contributed by atoms with Crippen molar-refractivity contribution in [2.75, 3.05) is 0 Å². The molecule has 0 heterocycles. The Morgan fingerprint density at radius 2 is 1.13 bits per heavy atom. The molecule has 4 aromatic carbocycles. The topological polar surface area (TPSA) is 0 Å². The van der Waals surface area contributed by atoms with Gasteiger partial charge in [0.2, 0.25) is 0 Å². The van der Waals surface area contributed by atoms with Crippen LogP contribution >= 0.6 is 17.0 Å². The van der Waals surface area contributed by atoms with Crippen LogP contribution in [0.4, 0.5) is 0 Å². The predicted molar refractivity (Wildman–Crippen MR) is 233 cm³/mol. The van der Waals surface area contributed by atoms with E-state index in [1.807, 2.05) is 0 Å². The fraction of sp³-hybridized carbons (Fsp3) is 0.429. The number of hydrogen-bond acceptors (Lipinski definition) is 0. The Morgan fingerprint density at radius 1 is 0.623 bits per heavy atom. The van der Waals surface area contributed by atoms with Crippen molar-refractivity contribution < 1.29 is 15.6 Å². The van der Waals surface area contributed by atoms with Crippen LogP contribution in [0.5, 0.6) is 0 Å². The molecule has 0 aromatic heterocycles. The summed E-state index contributed by atoms with van der Waals surface area (Å²) in [6.45, 7) is 14.2. The molecule has 2 atom stereocenters. The second-order valence-corrected chi connectivity index (χ2v) is 60.9. The molecule has 2 saturated carbocycles. The van der Waals surface area contributed by atoms with Crippen LogP contribution in [0.15, 0.2) is 96.1 Å². The molecule has 4 aliphatic carbocycles. The van der Waals surface area contributed by atoms with Crippen LogP contribution in [-0.4, -0.2) is 5.92 Å². The summed E-state index contributed by atoms with van der Waals surface area (Å²) in [4.78, 5) is 0. The molecule has 4 aromatic rings. The number of halogens is 2. The van der Waals surface area contributed by atoms with Crippen LogP contribution in [0, 0.1) is 5.92 Å². The van der Waals surface area contributed by atoms with Gasteiger partial charge in [0, 0.05) is 0 Å². The van der Waals surface area contributed by atoms with Gasteiger partial charge in [-0.2, -0.15) is 0 Å². The van der Waals surface area contributed by atoms with Crippen molar-refractivity contribution in [2.24, 2.45) is 5.92 Å². The molecule has 0 amide bonds. The SMILES string of the molecule is CCC1=Cc2c(-c3ccc(C4CCCCC4)cc3)cccc2[CH]1[Zr]([Cl])([Cl])([CH]1C(C2CCCC2)=Cc2c(-c3ccc(C(C)(C)C)cc3)cccc21)[SiH](C)C. The summed E-state index contributed by atoms with van der Waals surface area (Å²) < 4.78 is 0.269. The van der Waals surface area contributed by atoms with Gasteiger partial charge in [0.15, 0.2) is 0 Å². The first-order valence-corrected chi connectivity index (χ1v) is 37.2. The zero-order chi connectivity index (χ0) is 37.1. The van der Waals surface area contributed by atoms with E-state index in [4.69, 9.17) is 17.0 Å². The van der Waals surface area contributed by atoms with E-state index >= 15 is 0 Å². The van der Waals surface area contributed by atoms with Crippen molar-refractivity contribution in [3.8, 4) is 22.3 Å². The molecule has 0 radical (unpaired) electrons. The van der Waals surface area contributed by atoms with Crippen molar-refractivity contribution in [1.82, 2.24) is 0 Å². The Hall–Kier alpha value is -1.96. The minimum atomic E-state index is -4.88. The van der Waals surface area contributed by atoms with Gasteiger partial charge < -0.3 is 0 Å². The maximum absolute atomic E-state index is 8.87. The number of hydrogen-bond donors (Lipinski definition) is 0. The number of benzene rings is 4. The summed E-state index contributed by atoms with van der Waals surface area (Å²) in [5.74, 6) is -0.366. The van der Waals surface area contributed by atoms with Crippen molar-refractivity contribution in [3.05, 3.63) is 129 Å². The zero-order valence-electron chi connectivity index (χ0n) is 33.0. The molecule has 0 nitrogen and oxygen atoms in total. The molecule has 8 rings (SSSR count). The number of rotatable bonds is 8. The molecule has 4 aliphatic rings. The third kappa shape index (κ3) is 6.52. The van der Waals surface area contributed by atoms with Crippen LogP contribution < -0.4 is 0 Å². The average Bonchev–Trinajstić information content (AvgIpc) is 3.93. The molecule has 2 fully saturated rings. The van der Waals surface area contributed by atoms with E-state index in [0.717, 1.165) is 6.42 Å². The monoisotopic (exact) mass is 835 g/mol. The molecule has 277 valence electrons. The van der Waals surface area contributed by atoms with Crippen molar-refractivity contribution >= 4 is 35.1 Å². The zero-order valence-corrected chi connectivity index (χ0v) is 38.1. The fourth-order valence-electron chi connectivity index (χ4n) is 10.9. The Morgan fingerprint density at radius 3 is 1.68 bits per heavy atom. The Bertz CT molecular complexity index is 2050. The molecule has 2 unspecified atom stereocenters. The van der Waals surface area contributed by atoms with E-state index in [-0.39, 0.29) is 12.7 Å². The molecule has 53 heavy (non-hydrogen) atoms. The van der Waals surface area contributed by atoms with Gasteiger partial charge >= 0.3 is 332 Å². The average molecular weight is 838 g/mol. The summed E-state index contributed by atoms with van der Waals surface area (Å²) >= 11 is -4.88. The van der Waals surface area contributed by atoms with Crippen LogP contribution in [0.1, 0.15) is 138 Å². The first-order chi connectivity index (χ1) is 25.4. The van der Waals surface area contributed by atoms with Crippen LogP contribution in [0.2, 0.25) is 13.1 Å². The van der Waals surface area contributed by atoms with Crippen molar-refractivity contribution in [3.63, 3.8) is 0 Å². The Kier molecular flexibility index (Phi) is 10.4. The van der Waals surface area contributed by atoms with E-state index < -0.39 is 21.5 Å².